The van der Waals surface area contributed by atoms with Crippen LogP contribution in [0.5, 0.6) is 0 Å². The van der Waals surface area contributed by atoms with Gasteiger partial charge in [-0.05, 0) is 49.5 Å². The summed E-state index contributed by atoms with van der Waals surface area (Å²) in [4.78, 5) is 25.9. The number of rotatable bonds is 5. The van der Waals surface area contributed by atoms with Crippen molar-refractivity contribution in [1.82, 2.24) is 10.2 Å². The Morgan fingerprint density at radius 1 is 1.26 bits per heavy atom. The first-order chi connectivity index (χ1) is 12.7. The SMILES string of the molecule is CCCC(=O)NC1CCCN(C(=O)C=C(C)c2ccc(C(F)(F)F)cc2)C1. The molecule has 0 aliphatic carbocycles. The van der Waals surface area contributed by atoms with E-state index in [0.717, 1.165) is 31.4 Å². The Balaban J connectivity index is 2.00. The highest BCUT2D eigenvalue weighted by Crippen LogP contribution is 2.30. The summed E-state index contributed by atoms with van der Waals surface area (Å²) < 4.78 is 37.9. The zero-order valence-electron chi connectivity index (χ0n) is 15.6. The molecule has 0 saturated carbocycles. The van der Waals surface area contributed by atoms with Crippen LogP contribution in [0.15, 0.2) is 30.3 Å². The summed E-state index contributed by atoms with van der Waals surface area (Å²) in [5, 5.41) is 2.95. The van der Waals surface area contributed by atoms with Crippen LogP contribution in [-0.4, -0.2) is 35.8 Å². The van der Waals surface area contributed by atoms with E-state index in [4.69, 9.17) is 0 Å². The van der Waals surface area contributed by atoms with Gasteiger partial charge in [0.05, 0.1) is 5.56 Å². The molecule has 1 N–H and O–H groups in total. The summed E-state index contributed by atoms with van der Waals surface area (Å²) in [5.74, 6) is -0.199. The number of amides is 2. The van der Waals surface area contributed by atoms with Crippen LogP contribution in [0.2, 0.25) is 0 Å². The van der Waals surface area contributed by atoms with Crippen molar-refractivity contribution < 1.29 is 22.8 Å². The van der Waals surface area contributed by atoms with Crippen molar-refractivity contribution in [2.45, 2.75) is 51.7 Å². The van der Waals surface area contributed by atoms with Crippen LogP contribution in [-0.2, 0) is 15.8 Å². The van der Waals surface area contributed by atoms with Gasteiger partial charge < -0.3 is 10.2 Å². The zero-order valence-corrected chi connectivity index (χ0v) is 15.6. The van der Waals surface area contributed by atoms with E-state index < -0.39 is 11.7 Å². The number of hydrogen-bond acceptors (Lipinski definition) is 2. The minimum Gasteiger partial charge on any atom is -0.352 e. The summed E-state index contributed by atoms with van der Waals surface area (Å²) in [5.41, 5.74) is 0.457. The molecule has 0 radical (unpaired) electrons. The fraction of sp³-hybridized carbons (Fsp3) is 0.500. The van der Waals surface area contributed by atoms with Gasteiger partial charge in [-0.25, -0.2) is 0 Å². The van der Waals surface area contributed by atoms with Gasteiger partial charge in [-0.1, -0.05) is 19.1 Å². The van der Waals surface area contributed by atoms with E-state index in [0.29, 0.717) is 30.6 Å². The average molecular weight is 382 g/mol. The number of halogens is 3. The number of benzene rings is 1. The molecular weight excluding hydrogens is 357 g/mol. The van der Waals surface area contributed by atoms with Crippen molar-refractivity contribution in [3.63, 3.8) is 0 Å². The second kappa shape index (κ2) is 9.06. The maximum atomic E-state index is 12.6. The lowest BCUT2D eigenvalue weighted by Gasteiger charge is -2.32. The van der Waals surface area contributed by atoms with Gasteiger partial charge >= 0.3 is 6.18 Å². The molecule has 4 nitrogen and oxygen atoms in total. The molecule has 1 atom stereocenters. The number of piperidine rings is 1. The predicted octanol–water partition coefficient (Wildman–Crippen LogP) is 4.02. The number of likely N-dealkylation sites (tertiary alicyclic amines) is 1. The quantitative estimate of drug-likeness (QED) is 0.782. The van der Waals surface area contributed by atoms with Crippen molar-refractivity contribution >= 4 is 17.4 Å². The van der Waals surface area contributed by atoms with Crippen LogP contribution in [0.1, 0.15) is 50.7 Å². The van der Waals surface area contributed by atoms with Gasteiger partial charge in [0.15, 0.2) is 0 Å². The molecule has 1 aliphatic heterocycles. The summed E-state index contributed by atoms with van der Waals surface area (Å²) in [7, 11) is 0. The highest BCUT2D eigenvalue weighted by Gasteiger charge is 2.30. The van der Waals surface area contributed by atoms with Crippen LogP contribution in [0.4, 0.5) is 13.2 Å². The maximum Gasteiger partial charge on any atom is 0.416 e. The van der Waals surface area contributed by atoms with E-state index in [1.165, 1.54) is 18.2 Å². The van der Waals surface area contributed by atoms with E-state index in [2.05, 4.69) is 5.32 Å². The zero-order chi connectivity index (χ0) is 20.0. The lowest BCUT2D eigenvalue weighted by molar-refractivity contribution is -0.137. The molecule has 0 bridgehead atoms. The molecule has 1 aromatic rings. The van der Waals surface area contributed by atoms with E-state index in [9.17, 15) is 22.8 Å². The van der Waals surface area contributed by atoms with Crippen LogP contribution in [0.3, 0.4) is 0 Å². The largest absolute Gasteiger partial charge is 0.416 e. The van der Waals surface area contributed by atoms with Crippen molar-refractivity contribution in [3.8, 4) is 0 Å². The topological polar surface area (TPSA) is 49.4 Å². The highest BCUT2D eigenvalue weighted by atomic mass is 19.4. The summed E-state index contributed by atoms with van der Waals surface area (Å²) in [6.45, 7) is 4.69. The number of carbonyl (C=O) groups is 2. The van der Waals surface area contributed by atoms with E-state index in [-0.39, 0.29) is 17.9 Å². The fourth-order valence-corrected chi connectivity index (χ4v) is 3.10. The second-order valence-corrected chi connectivity index (χ2v) is 6.84. The lowest BCUT2D eigenvalue weighted by Crippen LogP contribution is -2.49. The number of nitrogens with one attached hydrogen (secondary N) is 1. The van der Waals surface area contributed by atoms with Gasteiger partial charge in [0.2, 0.25) is 11.8 Å². The first kappa shape index (κ1) is 21.0. The van der Waals surface area contributed by atoms with Crippen LogP contribution in [0, 0.1) is 0 Å². The normalized spacial score (nSPS) is 18.3. The minimum absolute atomic E-state index is 0.00623. The third-order valence-corrected chi connectivity index (χ3v) is 4.58. The maximum absolute atomic E-state index is 12.6. The summed E-state index contributed by atoms with van der Waals surface area (Å²) >= 11 is 0. The molecule has 2 rings (SSSR count). The molecule has 0 spiro atoms. The summed E-state index contributed by atoms with van der Waals surface area (Å²) in [6.07, 6.45) is -0.0553. The Morgan fingerprint density at radius 2 is 1.93 bits per heavy atom. The number of hydrogen-bond donors (Lipinski definition) is 1. The van der Waals surface area contributed by atoms with Crippen molar-refractivity contribution in [3.05, 3.63) is 41.5 Å². The molecule has 1 unspecified atom stereocenters. The third-order valence-electron chi connectivity index (χ3n) is 4.58. The van der Waals surface area contributed by atoms with E-state index in [1.807, 2.05) is 6.92 Å². The Kier molecular flexibility index (Phi) is 7.05. The molecule has 1 saturated heterocycles. The summed E-state index contributed by atoms with van der Waals surface area (Å²) in [6, 6.07) is 4.70. The Morgan fingerprint density at radius 3 is 2.52 bits per heavy atom. The lowest BCUT2D eigenvalue weighted by atomic mass is 10.0. The van der Waals surface area contributed by atoms with Crippen LogP contribution < -0.4 is 5.32 Å². The van der Waals surface area contributed by atoms with Gasteiger partial charge in [-0.2, -0.15) is 13.2 Å². The number of nitrogens with zero attached hydrogens (tertiary/aromatic N) is 1. The molecule has 0 aromatic heterocycles. The first-order valence-corrected chi connectivity index (χ1v) is 9.15. The van der Waals surface area contributed by atoms with Gasteiger partial charge in [-0.3, -0.25) is 9.59 Å². The molecule has 148 valence electrons. The number of allylic oxidation sites excluding steroid dienone is 1. The fourth-order valence-electron chi connectivity index (χ4n) is 3.10. The number of alkyl halides is 3. The van der Waals surface area contributed by atoms with E-state index >= 15 is 0 Å². The smallest absolute Gasteiger partial charge is 0.352 e. The third kappa shape index (κ3) is 6.12. The number of carbonyl (C=O) groups excluding carboxylic acids is 2. The van der Waals surface area contributed by atoms with Crippen LogP contribution >= 0.6 is 0 Å². The Hall–Kier alpha value is -2.31. The van der Waals surface area contributed by atoms with Gasteiger partial charge in [-0.15, -0.1) is 0 Å². The molecule has 1 fully saturated rings. The Bertz CT molecular complexity index is 696. The highest BCUT2D eigenvalue weighted by molar-refractivity contribution is 5.95. The first-order valence-electron chi connectivity index (χ1n) is 9.15. The minimum atomic E-state index is -4.38. The molecular formula is C20H25F3N2O2. The van der Waals surface area contributed by atoms with Crippen LogP contribution in [0.25, 0.3) is 5.57 Å². The van der Waals surface area contributed by atoms with Gasteiger partial charge in [0.1, 0.15) is 0 Å². The van der Waals surface area contributed by atoms with Crippen molar-refractivity contribution in [1.29, 1.82) is 0 Å². The van der Waals surface area contributed by atoms with Gasteiger partial charge in [0, 0.05) is 31.6 Å². The molecule has 27 heavy (non-hydrogen) atoms. The monoisotopic (exact) mass is 382 g/mol. The molecule has 7 heteroatoms. The van der Waals surface area contributed by atoms with E-state index in [1.54, 1.807) is 11.8 Å². The molecule has 1 heterocycles. The van der Waals surface area contributed by atoms with Crippen molar-refractivity contribution in [2.75, 3.05) is 13.1 Å². The second-order valence-electron chi connectivity index (χ2n) is 6.84. The molecule has 1 aliphatic rings. The molecule has 2 amide bonds. The van der Waals surface area contributed by atoms with Gasteiger partial charge in [0.25, 0.3) is 0 Å². The molecule has 1 aromatic carbocycles. The van der Waals surface area contributed by atoms with Crippen molar-refractivity contribution in [2.24, 2.45) is 0 Å². The Labute approximate surface area is 157 Å². The average Bonchev–Trinajstić information content (AvgIpc) is 2.61. The standard InChI is InChI=1S/C20H25F3N2O2/c1-3-5-18(26)24-17-6-4-11-25(13-17)19(27)12-14(2)15-7-9-16(10-8-15)20(21,22)23/h7-10,12,17H,3-6,11,13H2,1-2H3,(H,24,26). The predicted molar refractivity (Wildman–Crippen MR) is 97.7 cm³/mol.